The van der Waals surface area contributed by atoms with Gasteiger partial charge in [-0.2, -0.15) is 0 Å². The van der Waals surface area contributed by atoms with Crippen LogP contribution in [-0.4, -0.2) is 7.05 Å². The molecule has 0 saturated carbocycles. The Morgan fingerprint density at radius 2 is 0.696 bits per heavy atom. The highest BCUT2D eigenvalue weighted by Gasteiger charge is 2.16. The molecule has 56 heavy (non-hydrogen) atoms. The molecule has 0 fully saturated rings. The molecule has 0 unspecified atom stereocenters. The lowest BCUT2D eigenvalue weighted by Crippen LogP contribution is -2.10. The number of benzene rings is 8. The second-order valence-electron chi connectivity index (χ2n) is 13.5. The van der Waals surface area contributed by atoms with Crippen molar-refractivity contribution in [2.45, 2.75) is 6.92 Å². The molecule has 0 spiro atoms. The van der Waals surface area contributed by atoms with Gasteiger partial charge in [0, 0.05) is 52.5 Å². The maximum absolute atomic E-state index is 6.12. The van der Waals surface area contributed by atoms with E-state index >= 15 is 0 Å². The van der Waals surface area contributed by atoms with Crippen molar-refractivity contribution in [1.29, 1.82) is 0 Å². The first kappa shape index (κ1) is 35.6. The molecule has 8 aromatic carbocycles. The molecular weight excluding hydrogens is 689 g/mol. The molecule has 0 saturated heterocycles. The van der Waals surface area contributed by atoms with Crippen LogP contribution in [0, 0.1) is 6.92 Å². The molecule has 6 heteroatoms. The molecule has 8 rings (SSSR count). The summed E-state index contributed by atoms with van der Waals surface area (Å²) in [6.07, 6.45) is 0. The van der Waals surface area contributed by atoms with Crippen molar-refractivity contribution in [1.82, 2.24) is 0 Å². The number of anilines is 8. The van der Waals surface area contributed by atoms with Gasteiger partial charge >= 0.3 is 0 Å². The number of ether oxygens (including phenoxy) is 2. The number of nitrogen functional groups attached to an aromatic ring is 1. The lowest BCUT2D eigenvalue weighted by Gasteiger charge is -2.26. The largest absolute Gasteiger partial charge is 0.457 e. The molecule has 0 aromatic heterocycles. The molecule has 0 radical (unpaired) electrons. The van der Waals surface area contributed by atoms with Crippen LogP contribution in [0.1, 0.15) is 5.56 Å². The van der Waals surface area contributed by atoms with Crippen molar-refractivity contribution >= 4 is 45.5 Å². The monoisotopic (exact) mass is 730 g/mol. The standard InChI is InChI=1S/C50H42N4O2/c1-36-8-30-48(31-9-36)56-50-34-28-45(29-35-50)53(43-22-14-39(51)15-23-43)41-18-10-37(11-19-41)38-12-20-42(21-13-38)54(44-24-16-40(52-2)17-25-44)46-26-32-49(33-27-46)55-47-6-4-3-5-7-47/h3-35,52H,51H2,1-2H3. The highest BCUT2D eigenvalue weighted by atomic mass is 16.5. The van der Waals surface area contributed by atoms with Gasteiger partial charge in [0.2, 0.25) is 0 Å². The fourth-order valence-corrected chi connectivity index (χ4v) is 6.59. The summed E-state index contributed by atoms with van der Waals surface area (Å²) in [4.78, 5) is 4.47. The predicted molar refractivity (Wildman–Crippen MR) is 233 cm³/mol. The topological polar surface area (TPSA) is 63.0 Å². The Hall–Kier alpha value is -7.44. The van der Waals surface area contributed by atoms with Crippen LogP contribution < -0.4 is 30.3 Å². The van der Waals surface area contributed by atoms with Crippen LogP contribution in [-0.2, 0) is 0 Å². The highest BCUT2D eigenvalue weighted by Crippen LogP contribution is 2.40. The second-order valence-corrected chi connectivity index (χ2v) is 13.5. The summed E-state index contributed by atoms with van der Waals surface area (Å²) in [7, 11) is 1.93. The minimum Gasteiger partial charge on any atom is -0.457 e. The Balaban J connectivity index is 1.05. The molecule has 0 heterocycles. The number of para-hydroxylation sites is 1. The molecule has 0 aliphatic rings. The van der Waals surface area contributed by atoms with E-state index in [0.29, 0.717) is 0 Å². The Bertz CT molecular complexity index is 2470. The van der Waals surface area contributed by atoms with Crippen molar-refractivity contribution < 1.29 is 9.47 Å². The molecule has 3 N–H and O–H groups in total. The predicted octanol–water partition coefficient (Wildman–Crippen LogP) is 13.8. The SMILES string of the molecule is CNc1ccc(N(c2ccc(Oc3ccccc3)cc2)c2ccc(-c3ccc(N(c4ccc(N)cc4)c4ccc(Oc5ccc(C)cc5)cc4)cc3)cc2)cc1. The van der Waals surface area contributed by atoms with Gasteiger partial charge in [0.05, 0.1) is 0 Å². The molecular formula is C50H42N4O2. The first-order chi connectivity index (χ1) is 27.5. The van der Waals surface area contributed by atoms with Gasteiger partial charge in [-0.1, -0.05) is 60.2 Å². The summed E-state index contributed by atoms with van der Waals surface area (Å²) in [6.45, 7) is 2.07. The first-order valence-electron chi connectivity index (χ1n) is 18.6. The number of aryl methyl sites for hydroxylation is 1. The molecule has 6 nitrogen and oxygen atoms in total. The zero-order valence-corrected chi connectivity index (χ0v) is 31.3. The fourth-order valence-electron chi connectivity index (χ4n) is 6.59. The summed E-state index contributed by atoms with van der Waals surface area (Å²) < 4.78 is 12.2. The maximum Gasteiger partial charge on any atom is 0.127 e. The van der Waals surface area contributed by atoms with Crippen LogP contribution in [0.3, 0.4) is 0 Å². The first-order valence-corrected chi connectivity index (χ1v) is 18.6. The van der Waals surface area contributed by atoms with Gasteiger partial charge in [0.25, 0.3) is 0 Å². The van der Waals surface area contributed by atoms with E-state index in [1.807, 2.05) is 110 Å². The summed E-state index contributed by atoms with van der Waals surface area (Å²) >= 11 is 0. The van der Waals surface area contributed by atoms with Crippen LogP contribution in [0.4, 0.5) is 45.5 Å². The van der Waals surface area contributed by atoms with Crippen molar-refractivity contribution in [3.8, 4) is 34.1 Å². The van der Waals surface area contributed by atoms with Gasteiger partial charge in [-0.3, -0.25) is 0 Å². The van der Waals surface area contributed by atoms with E-state index in [0.717, 1.165) is 79.6 Å². The third kappa shape index (κ3) is 8.20. The quantitative estimate of drug-likeness (QED) is 0.122. The van der Waals surface area contributed by atoms with Crippen molar-refractivity contribution in [2.24, 2.45) is 0 Å². The highest BCUT2D eigenvalue weighted by molar-refractivity contribution is 5.81. The third-order valence-electron chi connectivity index (χ3n) is 9.58. The van der Waals surface area contributed by atoms with E-state index in [9.17, 15) is 0 Å². The van der Waals surface area contributed by atoms with Crippen LogP contribution in [0.25, 0.3) is 11.1 Å². The minimum absolute atomic E-state index is 0.719. The number of nitrogens with zero attached hydrogens (tertiary/aromatic N) is 2. The van der Waals surface area contributed by atoms with E-state index in [4.69, 9.17) is 15.2 Å². The average Bonchev–Trinajstić information content (AvgIpc) is 3.25. The van der Waals surface area contributed by atoms with Gasteiger partial charge in [0.1, 0.15) is 23.0 Å². The van der Waals surface area contributed by atoms with E-state index < -0.39 is 0 Å². The molecule has 8 aromatic rings. The van der Waals surface area contributed by atoms with Crippen molar-refractivity contribution in [3.05, 3.63) is 206 Å². The average molecular weight is 731 g/mol. The molecule has 0 aliphatic heterocycles. The van der Waals surface area contributed by atoms with E-state index in [1.54, 1.807) is 0 Å². The second kappa shape index (κ2) is 16.3. The minimum atomic E-state index is 0.719. The Kier molecular flexibility index (Phi) is 10.3. The summed E-state index contributed by atoms with van der Waals surface area (Å²) in [5.41, 5.74) is 17.4. The number of hydrogen-bond donors (Lipinski definition) is 2. The number of hydrogen-bond acceptors (Lipinski definition) is 6. The Labute approximate surface area is 328 Å². The van der Waals surface area contributed by atoms with E-state index in [1.165, 1.54) is 5.56 Å². The summed E-state index contributed by atoms with van der Waals surface area (Å²) in [5.74, 6) is 3.17. The zero-order chi connectivity index (χ0) is 38.3. The lowest BCUT2D eigenvalue weighted by atomic mass is 10.0. The maximum atomic E-state index is 6.12. The fraction of sp³-hybridized carbons (Fsp3) is 0.0400. The normalized spacial score (nSPS) is 10.8. The van der Waals surface area contributed by atoms with E-state index in [2.05, 4.69) is 119 Å². The van der Waals surface area contributed by atoms with Crippen LogP contribution in [0.2, 0.25) is 0 Å². The number of nitrogens with one attached hydrogen (secondary N) is 1. The zero-order valence-electron chi connectivity index (χ0n) is 31.3. The van der Waals surface area contributed by atoms with Crippen LogP contribution >= 0.6 is 0 Å². The molecule has 0 amide bonds. The summed E-state index contributed by atoms with van der Waals surface area (Å²) in [5, 5.41) is 3.22. The Morgan fingerprint density at radius 3 is 1.09 bits per heavy atom. The third-order valence-corrected chi connectivity index (χ3v) is 9.58. The van der Waals surface area contributed by atoms with Gasteiger partial charge in [-0.15, -0.1) is 0 Å². The van der Waals surface area contributed by atoms with Gasteiger partial charge in [-0.05, 0) is 164 Å². The van der Waals surface area contributed by atoms with E-state index in [-0.39, 0.29) is 0 Å². The number of nitrogens with two attached hydrogens (primary N) is 1. The molecule has 0 bridgehead atoms. The van der Waals surface area contributed by atoms with Gasteiger partial charge in [0.15, 0.2) is 0 Å². The van der Waals surface area contributed by atoms with Crippen molar-refractivity contribution in [2.75, 3.05) is 27.9 Å². The molecule has 0 aliphatic carbocycles. The lowest BCUT2D eigenvalue weighted by molar-refractivity contribution is 0.482. The molecule has 274 valence electrons. The van der Waals surface area contributed by atoms with Crippen LogP contribution in [0.5, 0.6) is 23.0 Å². The Morgan fingerprint density at radius 1 is 0.375 bits per heavy atom. The van der Waals surface area contributed by atoms with Gasteiger partial charge < -0.3 is 30.3 Å². The van der Waals surface area contributed by atoms with Gasteiger partial charge in [-0.25, -0.2) is 0 Å². The van der Waals surface area contributed by atoms with Crippen LogP contribution in [0.15, 0.2) is 200 Å². The molecule has 0 atom stereocenters. The summed E-state index contributed by atoms with van der Waals surface area (Å²) in [6, 6.07) is 68.0. The number of rotatable bonds is 12. The smallest absolute Gasteiger partial charge is 0.127 e. The van der Waals surface area contributed by atoms with Crippen molar-refractivity contribution in [3.63, 3.8) is 0 Å².